The first-order valence-electron chi connectivity index (χ1n) is 7.55. The van der Waals surface area contributed by atoms with Gasteiger partial charge in [0.05, 0.1) is 0 Å². The molecule has 0 atom stereocenters. The molecule has 2 heterocycles. The highest BCUT2D eigenvalue weighted by Gasteiger charge is 2.14. The summed E-state index contributed by atoms with van der Waals surface area (Å²) in [7, 11) is 0. The number of aryl methyl sites for hydroxylation is 2. The Bertz CT molecular complexity index is 964. The van der Waals surface area contributed by atoms with E-state index in [4.69, 9.17) is 4.84 Å². The fourth-order valence-corrected chi connectivity index (χ4v) is 2.79. The van der Waals surface area contributed by atoms with Crippen LogP contribution in [0.3, 0.4) is 0 Å². The topological polar surface area (TPSA) is 86.1 Å². The van der Waals surface area contributed by atoms with Crippen LogP contribution < -0.4 is 15.7 Å². The molecule has 1 aromatic carbocycles. The van der Waals surface area contributed by atoms with Gasteiger partial charge < -0.3 is 4.84 Å². The summed E-state index contributed by atoms with van der Waals surface area (Å²) in [5, 5.41) is 11.3. The largest absolute Gasteiger partial charge is 0.406 e. The second-order valence-electron chi connectivity index (χ2n) is 5.40. The van der Waals surface area contributed by atoms with Crippen molar-refractivity contribution in [1.29, 1.82) is 0 Å². The van der Waals surface area contributed by atoms with Gasteiger partial charge in [0.15, 0.2) is 0 Å². The Balaban J connectivity index is 1.75. The molecule has 0 spiro atoms. The van der Waals surface area contributed by atoms with Crippen molar-refractivity contribution in [1.82, 2.24) is 14.9 Å². The molecule has 8 heteroatoms. The average molecular weight is 356 g/mol. The molecular formula is C17H16N4O3S. The predicted molar refractivity (Wildman–Crippen MR) is 94.8 cm³/mol. The van der Waals surface area contributed by atoms with Crippen LogP contribution in [0.15, 0.2) is 47.4 Å². The van der Waals surface area contributed by atoms with Crippen LogP contribution in [0.4, 0.5) is 5.13 Å². The third kappa shape index (κ3) is 4.10. The highest BCUT2D eigenvalue weighted by Crippen LogP contribution is 2.14. The summed E-state index contributed by atoms with van der Waals surface area (Å²) in [5.41, 5.74) is 1.48. The molecule has 3 rings (SSSR count). The number of carbonyl (C=O) groups excluding carboxylic acids is 1. The molecule has 1 amide bonds. The molecule has 0 saturated carbocycles. The van der Waals surface area contributed by atoms with Crippen molar-refractivity contribution in [2.75, 3.05) is 5.32 Å². The number of amides is 1. The quantitative estimate of drug-likeness (QED) is 0.757. The number of benzene rings is 1. The van der Waals surface area contributed by atoms with E-state index in [1.165, 1.54) is 23.6 Å². The molecule has 0 aliphatic carbocycles. The summed E-state index contributed by atoms with van der Waals surface area (Å²) < 4.78 is 1.06. The molecule has 0 aliphatic heterocycles. The highest BCUT2D eigenvalue weighted by molar-refractivity contribution is 7.15. The monoisotopic (exact) mass is 356 g/mol. The van der Waals surface area contributed by atoms with Crippen molar-refractivity contribution in [3.63, 3.8) is 0 Å². The Morgan fingerprint density at radius 1 is 1.24 bits per heavy atom. The van der Waals surface area contributed by atoms with Crippen molar-refractivity contribution < 1.29 is 9.63 Å². The van der Waals surface area contributed by atoms with Gasteiger partial charge in [0.2, 0.25) is 5.13 Å². The van der Waals surface area contributed by atoms with Crippen molar-refractivity contribution in [3.8, 4) is 0 Å². The van der Waals surface area contributed by atoms with E-state index in [9.17, 15) is 9.59 Å². The Labute approximate surface area is 147 Å². The third-order valence-electron chi connectivity index (χ3n) is 3.36. The number of nitrogens with one attached hydrogen (secondary N) is 1. The first kappa shape index (κ1) is 16.8. The second kappa shape index (κ2) is 7.27. The number of carbonyl (C=O) groups is 1. The summed E-state index contributed by atoms with van der Waals surface area (Å²) >= 11 is 1.24. The molecule has 0 bridgehead atoms. The van der Waals surface area contributed by atoms with Gasteiger partial charge in [0.1, 0.15) is 17.2 Å². The number of aromatic nitrogens is 3. The zero-order valence-corrected chi connectivity index (χ0v) is 14.5. The second-order valence-corrected chi connectivity index (χ2v) is 6.58. The van der Waals surface area contributed by atoms with Crippen LogP contribution in [0.25, 0.3) is 0 Å². The van der Waals surface area contributed by atoms with E-state index in [0.29, 0.717) is 5.13 Å². The van der Waals surface area contributed by atoms with Gasteiger partial charge in [0, 0.05) is 6.20 Å². The van der Waals surface area contributed by atoms with Gasteiger partial charge in [-0.25, -0.2) is 0 Å². The maximum Gasteiger partial charge on any atom is 0.295 e. The number of rotatable bonds is 5. The first-order valence-corrected chi connectivity index (χ1v) is 8.36. The lowest BCUT2D eigenvalue weighted by Crippen LogP contribution is -2.32. The van der Waals surface area contributed by atoms with Crippen molar-refractivity contribution >= 4 is 22.4 Å². The van der Waals surface area contributed by atoms with Gasteiger partial charge in [0.25, 0.3) is 11.5 Å². The molecule has 7 nitrogen and oxygen atoms in total. The van der Waals surface area contributed by atoms with Gasteiger partial charge in [-0.05, 0) is 31.5 Å². The van der Waals surface area contributed by atoms with E-state index >= 15 is 0 Å². The molecule has 0 fully saturated rings. The van der Waals surface area contributed by atoms with Gasteiger partial charge in [-0.2, -0.15) is 4.73 Å². The molecule has 0 aliphatic rings. The normalized spacial score (nSPS) is 10.5. The Morgan fingerprint density at radius 3 is 2.80 bits per heavy atom. The number of nitrogens with zero attached hydrogens (tertiary/aromatic N) is 3. The lowest BCUT2D eigenvalue weighted by molar-refractivity contribution is 0.0863. The van der Waals surface area contributed by atoms with E-state index in [0.717, 1.165) is 20.9 Å². The van der Waals surface area contributed by atoms with E-state index in [-0.39, 0.29) is 12.2 Å². The summed E-state index contributed by atoms with van der Waals surface area (Å²) in [6.07, 6.45) is 1.48. The van der Waals surface area contributed by atoms with E-state index in [1.807, 2.05) is 31.2 Å². The van der Waals surface area contributed by atoms with Crippen LogP contribution in [0, 0.1) is 13.8 Å². The van der Waals surface area contributed by atoms with Gasteiger partial charge in [-0.3, -0.25) is 14.9 Å². The van der Waals surface area contributed by atoms with Crippen molar-refractivity contribution in [2.45, 2.75) is 20.5 Å². The fourth-order valence-electron chi connectivity index (χ4n) is 2.21. The van der Waals surface area contributed by atoms with Crippen LogP contribution in [0.5, 0.6) is 0 Å². The number of anilines is 1. The molecule has 0 unspecified atom stereocenters. The Morgan fingerprint density at radius 2 is 2.08 bits per heavy atom. The van der Waals surface area contributed by atoms with Crippen LogP contribution in [0.2, 0.25) is 0 Å². The summed E-state index contributed by atoms with van der Waals surface area (Å²) in [6.45, 7) is 3.99. The molecule has 25 heavy (non-hydrogen) atoms. The zero-order valence-electron chi connectivity index (χ0n) is 13.7. The summed E-state index contributed by atoms with van der Waals surface area (Å²) in [4.78, 5) is 30.2. The highest BCUT2D eigenvalue weighted by atomic mass is 32.1. The van der Waals surface area contributed by atoms with Crippen LogP contribution in [-0.4, -0.2) is 20.8 Å². The number of hydrogen-bond donors (Lipinski definition) is 1. The summed E-state index contributed by atoms with van der Waals surface area (Å²) in [5.74, 6) is -0.547. The van der Waals surface area contributed by atoms with E-state index in [2.05, 4.69) is 15.5 Å². The minimum atomic E-state index is -0.547. The number of hydrogen-bond acceptors (Lipinski definition) is 6. The lowest BCUT2D eigenvalue weighted by Gasteiger charge is -2.10. The van der Waals surface area contributed by atoms with Crippen LogP contribution >= 0.6 is 11.3 Å². The minimum Gasteiger partial charge on any atom is -0.406 e. The Hall–Kier alpha value is -3.00. The maximum absolute atomic E-state index is 12.4. The van der Waals surface area contributed by atoms with Gasteiger partial charge >= 0.3 is 0 Å². The van der Waals surface area contributed by atoms with Crippen molar-refractivity contribution in [2.24, 2.45) is 0 Å². The predicted octanol–water partition coefficient (Wildman–Crippen LogP) is 2.20. The molecule has 0 saturated heterocycles. The van der Waals surface area contributed by atoms with Gasteiger partial charge in [-0.15, -0.1) is 10.2 Å². The lowest BCUT2D eigenvalue weighted by atomic mass is 10.1. The minimum absolute atomic E-state index is 0.0282. The molecule has 1 N–H and O–H groups in total. The SMILES string of the molecule is Cc1cccc(COn2cccc(C(=O)Nc3nnc(C)s3)c2=O)c1. The van der Waals surface area contributed by atoms with Crippen LogP contribution in [0.1, 0.15) is 26.5 Å². The zero-order chi connectivity index (χ0) is 17.8. The van der Waals surface area contributed by atoms with Crippen molar-refractivity contribution in [3.05, 3.63) is 74.6 Å². The molecule has 2 aromatic heterocycles. The van der Waals surface area contributed by atoms with E-state index < -0.39 is 11.5 Å². The molecule has 0 radical (unpaired) electrons. The average Bonchev–Trinajstić information content (AvgIpc) is 2.99. The first-order chi connectivity index (χ1) is 12.0. The molecule has 3 aromatic rings. The number of pyridine rings is 1. The standard InChI is InChI=1S/C17H16N4O3S/c1-11-5-3-6-13(9-11)10-24-21-8-4-7-14(16(21)23)15(22)18-17-20-19-12(2)25-17/h3-9H,10H2,1-2H3,(H,18,20,22). The smallest absolute Gasteiger partial charge is 0.295 e. The van der Waals surface area contributed by atoms with Crippen LogP contribution in [-0.2, 0) is 6.61 Å². The summed E-state index contributed by atoms with van der Waals surface area (Å²) in [6, 6.07) is 10.8. The Kier molecular flexibility index (Phi) is 4.90. The molecular weight excluding hydrogens is 340 g/mol. The maximum atomic E-state index is 12.4. The van der Waals surface area contributed by atoms with E-state index in [1.54, 1.807) is 13.0 Å². The molecule has 128 valence electrons. The van der Waals surface area contributed by atoms with Gasteiger partial charge in [-0.1, -0.05) is 41.2 Å². The third-order valence-corrected chi connectivity index (χ3v) is 4.11. The fraction of sp³-hybridized carbons (Fsp3) is 0.176.